The lowest BCUT2D eigenvalue weighted by molar-refractivity contribution is -0.122. The van der Waals surface area contributed by atoms with Crippen molar-refractivity contribution in [1.82, 2.24) is 14.9 Å². The Bertz CT molecular complexity index is 1540. The highest BCUT2D eigenvalue weighted by molar-refractivity contribution is 6.39. The second kappa shape index (κ2) is 9.30. The molecule has 4 aromatic rings. The van der Waals surface area contributed by atoms with Crippen LogP contribution in [-0.4, -0.2) is 33.3 Å². The van der Waals surface area contributed by atoms with Gasteiger partial charge >= 0.3 is 6.03 Å². The van der Waals surface area contributed by atoms with Crippen molar-refractivity contribution in [2.75, 3.05) is 10.2 Å². The molecular formula is C27H21N5O4. The molecule has 1 aliphatic rings. The molecule has 178 valence electrons. The molecule has 9 nitrogen and oxygen atoms in total. The van der Waals surface area contributed by atoms with Gasteiger partial charge in [-0.3, -0.25) is 24.7 Å². The summed E-state index contributed by atoms with van der Waals surface area (Å²) >= 11 is 0. The summed E-state index contributed by atoms with van der Waals surface area (Å²) in [6.07, 6.45) is 6.02. The maximum atomic E-state index is 13.2. The number of imide groups is 2. The number of aromatic nitrogens is 2. The van der Waals surface area contributed by atoms with E-state index in [1.165, 1.54) is 18.5 Å². The number of hydrogen-bond donors (Lipinski definition) is 2. The maximum Gasteiger partial charge on any atom is 0.336 e. The van der Waals surface area contributed by atoms with Crippen molar-refractivity contribution in [2.24, 2.45) is 0 Å². The van der Waals surface area contributed by atoms with Crippen molar-refractivity contribution in [3.63, 3.8) is 0 Å². The number of anilines is 2. The fourth-order valence-electron chi connectivity index (χ4n) is 4.05. The van der Waals surface area contributed by atoms with Gasteiger partial charge in [-0.2, -0.15) is 0 Å². The second-order valence-corrected chi connectivity index (χ2v) is 8.31. The fraction of sp³-hybridized carbons (Fsp3) is 0.0741. The van der Waals surface area contributed by atoms with Crippen molar-refractivity contribution >= 4 is 52.1 Å². The largest absolute Gasteiger partial charge is 0.337 e. The Morgan fingerprint density at radius 1 is 1.03 bits per heavy atom. The highest BCUT2D eigenvalue weighted by Gasteiger charge is 2.37. The number of fused-ring (bicyclic) bond motifs is 1. The van der Waals surface area contributed by atoms with Crippen LogP contribution in [0.15, 0.2) is 84.8 Å². The number of benzene rings is 2. The molecule has 1 saturated heterocycles. The van der Waals surface area contributed by atoms with Crippen molar-refractivity contribution < 1.29 is 19.2 Å². The zero-order valence-electron chi connectivity index (χ0n) is 19.3. The number of nitrogens with zero attached hydrogens (tertiary/aromatic N) is 3. The number of urea groups is 1. The quantitative estimate of drug-likeness (QED) is 0.335. The SMILES string of the molecule is Cc1ccc(NC(=O)Cn2cc(/C=C3\C(=O)NC(=O)N(c4cccnc4)C3=O)c3ccccc32)cc1. The number of carbonyl (C=O) groups excluding carboxylic acids is 4. The molecule has 0 radical (unpaired) electrons. The number of para-hydroxylation sites is 1. The normalized spacial score (nSPS) is 14.9. The van der Waals surface area contributed by atoms with Gasteiger partial charge in [0.15, 0.2) is 0 Å². The summed E-state index contributed by atoms with van der Waals surface area (Å²) in [4.78, 5) is 55.7. The van der Waals surface area contributed by atoms with E-state index in [0.717, 1.165) is 21.4 Å². The summed E-state index contributed by atoms with van der Waals surface area (Å²) in [5, 5.41) is 5.83. The number of amides is 5. The van der Waals surface area contributed by atoms with Crippen molar-refractivity contribution in [3.8, 4) is 0 Å². The molecule has 0 unspecified atom stereocenters. The first-order valence-electron chi connectivity index (χ1n) is 11.2. The summed E-state index contributed by atoms with van der Waals surface area (Å²) in [5.41, 5.74) is 3.14. The smallest absolute Gasteiger partial charge is 0.336 e. The summed E-state index contributed by atoms with van der Waals surface area (Å²) in [7, 11) is 0. The van der Waals surface area contributed by atoms with E-state index in [2.05, 4.69) is 15.6 Å². The van der Waals surface area contributed by atoms with E-state index in [-0.39, 0.29) is 23.7 Å². The molecule has 5 amide bonds. The summed E-state index contributed by atoms with van der Waals surface area (Å²) in [6.45, 7) is 1.99. The second-order valence-electron chi connectivity index (χ2n) is 8.31. The first kappa shape index (κ1) is 22.7. The molecule has 3 heterocycles. The average molecular weight is 479 g/mol. The third-order valence-corrected chi connectivity index (χ3v) is 5.77. The third-order valence-electron chi connectivity index (χ3n) is 5.77. The predicted molar refractivity (Wildman–Crippen MR) is 135 cm³/mol. The van der Waals surface area contributed by atoms with E-state index in [4.69, 9.17) is 0 Å². The van der Waals surface area contributed by atoms with Crippen LogP contribution >= 0.6 is 0 Å². The Labute approximate surface area is 206 Å². The summed E-state index contributed by atoms with van der Waals surface area (Å²) in [6, 6.07) is 17.2. The topological polar surface area (TPSA) is 113 Å². The lowest BCUT2D eigenvalue weighted by Gasteiger charge is -2.25. The standard InChI is InChI=1S/C27H21N5O4/c1-17-8-10-19(11-9-17)29-24(33)16-31-15-18(21-6-2-3-7-23(21)31)13-22-25(34)30-27(36)32(26(22)35)20-5-4-12-28-14-20/h2-15H,16H2,1H3,(H,29,33)(H,30,34,36)/b22-13+. The number of rotatable bonds is 5. The van der Waals surface area contributed by atoms with Gasteiger partial charge in [0.05, 0.1) is 11.9 Å². The number of carbonyl (C=O) groups is 4. The third kappa shape index (κ3) is 4.37. The zero-order chi connectivity index (χ0) is 25.2. The van der Waals surface area contributed by atoms with E-state index in [0.29, 0.717) is 11.3 Å². The minimum Gasteiger partial charge on any atom is -0.337 e. The van der Waals surface area contributed by atoms with Gasteiger partial charge in [0.25, 0.3) is 11.8 Å². The Morgan fingerprint density at radius 3 is 2.56 bits per heavy atom. The molecule has 5 rings (SSSR count). The number of aryl methyl sites for hydroxylation is 1. The van der Waals surface area contributed by atoms with Crippen LogP contribution in [0, 0.1) is 6.92 Å². The molecule has 0 aliphatic carbocycles. The van der Waals surface area contributed by atoms with Gasteiger partial charge in [-0.25, -0.2) is 9.69 Å². The maximum absolute atomic E-state index is 13.2. The van der Waals surface area contributed by atoms with Crippen LogP contribution in [0.2, 0.25) is 0 Å². The van der Waals surface area contributed by atoms with E-state index in [9.17, 15) is 19.2 Å². The predicted octanol–water partition coefficient (Wildman–Crippen LogP) is 3.65. The van der Waals surface area contributed by atoms with Crippen LogP contribution in [0.4, 0.5) is 16.2 Å². The molecule has 0 spiro atoms. The Morgan fingerprint density at radius 2 is 1.81 bits per heavy atom. The summed E-state index contributed by atoms with van der Waals surface area (Å²) in [5.74, 6) is -1.77. The molecular weight excluding hydrogens is 458 g/mol. The van der Waals surface area contributed by atoms with Gasteiger partial charge < -0.3 is 9.88 Å². The van der Waals surface area contributed by atoms with Gasteiger partial charge in [0.2, 0.25) is 5.91 Å². The molecule has 0 saturated carbocycles. The lowest BCUT2D eigenvalue weighted by Crippen LogP contribution is -2.54. The first-order valence-corrected chi connectivity index (χ1v) is 11.2. The Kier molecular flexibility index (Phi) is 5.87. The van der Waals surface area contributed by atoms with Crippen LogP contribution < -0.4 is 15.5 Å². The molecule has 2 aromatic carbocycles. The van der Waals surface area contributed by atoms with Crippen molar-refractivity contribution in [1.29, 1.82) is 0 Å². The molecule has 0 bridgehead atoms. The molecule has 0 atom stereocenters. The fourth-order valence-corrected chi connectivity index (χ4v) is 4.05. The number of nitrogens with one attached hydrogen (secondary N) is 2. The van der Waals surface area contributed by atoms with Crippen LogP contribution in [0.5, 0.6) is 0 Å². The molecule has 36 heavy (non-hydrogen) atoms. The number of hydrogen-bond acceptors (Lipinski definition) is 5. The van der Waals surface area contributed by atoms with Gasteiger partial charge in [0.1, 0.15) is 12.1 Å². The van der Waals surface area contributed by atoms with Crippen molar-refractivity contribution in [3.05, 3.63) is 96.0 Å². The molecule has 1 fully saturated rings. The molecule has 1 aliphatic heterocycles. The number of barbiturate groups is 1. The van der Waals surface area contributed by atoms with E-state index in [1.54, 1.807) is 22.9 Å². The van der Waals surface area contributed by atoms with E-state index < -0.39 is 17.8 Å². The van der Waals surface area contributed by atoms with Gasteiger partial charge in [-0.15, -0.1) is 0 Å². The Hall–Kier alpha value is -5.05. The van der Waals surface area contributed by atoms with Gasteiger partial charge in [-0.1, -0.05) is 35.9 Å². The summed E-state index contributed by atoms with van der Waals surface area (Å²) < 4.78 is 1.75. The van der Waals surface area contributed by atoms with E-state index in [1.807, 2.05) is 55.5 Å². The molecule has 9 heteroatoms. The zero-order valence-corrected chi connectivity index (χ0v) is 19.3. The van der Waals surface area contributed by atoms with Crippen LogP contribution in [-0.2, 0) is 20.9 Å². The minimum absolute atomic E-state index is 0.0258. The number of pyridine rings is 1. The van der Waals surface area contributed by atoms with Crippen LogP contribution in [0.25, 0.3) is 17.0 Å². The van der Waals surface area contributed by atoms with Gasteiger partial charge in [-0.05, 0) is 43.3 Å². The Balaban J connectivity index is 1.47. The highest BCUT2D eigenvalue weighted by Crippen LogP contribution is 2.26. The van der Waals surface area contributed by atoms with E-state index >= 15 is 0 Å². The van der Waals surface area contributed by atoms with Crippen LogP contribution in [0.1, 0.15) is 11.1 Å². The monoisotopic (exact) mass is 479 g/mol. The molecule has 2 N–H and O–H groups in total. The lowest BCUT2D eigenvalue weighted by atomic mass is 10.1. The minimum atomic E-state index is -0.842. The highest BCUT2D eigenvalue weighted by atomic mass is 16.2. The average Bonchev–Trinajstić information content (AvgIpc) is 3.20. The van der Waals surface area contributed by atoms with Crippen molar-refractivity contribution in [2.45, 2.75) is 13.5 Å². The van der Waals surface area contributed by atoms with Gasteiger partial charge in [0, 0.05) is 34.5 Å². The van der Waals surface area contributed by atoms with Crippen LogP contribution in [0.3, 0.4) is 0 Å². The first-order chi connectivity index (χ1) is 17.4. The molecule has 2 aromatic heterocycles.